The topological polar surface area (TPSA) is 77.1 Å². The number of carbonyl (C=O) groups is 2. The molecule has 0 spiro atoms. The first-order chi connectivity index (χ1) is 10.8. The molecule has 130 valence electrons. The van der Waals surface area contributed by atoms with E-state index in [1.807, 2.05) is 0 Å². The minimum Gasteiger partial charge on any atom is -0.380 e. The molecule has 3 aliphatic rings. The summed E-state index contributed by atoms with van der Waals surface area (Å²) in [5, 5.41) is 2.65. The van der Waals surface area contributed by atoms with E-state index in [0.29, 0.717) is 5.92 Å². The Morgan fingerprint density at radius 3 is 2.43 bits per heavy atom. The Hall–Kier alpha value is -1.18. The van der Waals surface area contributed by atoms with Crippen molar-refractivity contribution >= 4 is 11.9 Å². The molecule has 1 saturated heterocycles. The van der Waals surface area contributed by atoms with E-state index >= 15 is 0 Å². The van der Waals surface area contributed by atoms with Gasteiger partial charge in [0.05, 0.1) is 11.5 Å². The van der Waals surface area contributed by atoms with Crippen LogP contribution < -0.4 is 5.32 Å². The monoisotopic (exact) mass is 326 g/mol. The summed E-state index contributed by atoms with van der Waals surface area (Å²) in [6.07, 6.45) is 0.989. The molecule has 0 aromatic heterocycles. The first kappa shape index (κ1) is 16.7. The first-order valence-electron chi connectivity index (χ1n) is 8.07. The number of rotatable bonds is 4. The van der Waals surface area contributed by atoms with E-state index in [4.69, 9.17) is 14.2 Å². The van der Waals surface area contributed by atoms with Crippen LogP contribution in [0.25, 0.3) is 0 Å². The van der Waals surface area contributed by atoms with Crippen molar-refractivity contribution in [1.29, 1.82) is 0 Å². The summed E-state index contributed by atoms with van der Waals surface area (Å²) in [6, 6.07) is -0.468. The lowest BCUT2D eigenvalue weighted by molar-refractivity contribution is -0.166. The summed E-state index contributed by atoms with van der Waals surface area (Å²) >= 11 is 0. The molecule has 3 fully saturated rings. The van der Waals surface area contributed by atoms with Gasteiger partial charge in [-0.25, -0.2) is 9.69 Å². The predicted octanol–water partition coefficient (Wildman–Crippen LogP) is 1.32. The van der Waals surface area contributed by atoms with Gasteiger partial charge < -0.3 is 19.5 Å². The summed E-state index contributed by atoms with van der Waals surface area (Å²) in [5.74, 6) is 0.222. The van der Waals surface area contributed by atoms with Crippen molar-refractivity contribution < 1.29 is 23.8 Å². The minimum absolute atomic E-state index is 0.171. The number of imide groups is 1. The fraction of sp³-hybridized carbons (Fsp3) is 0.875. The van der Waals surface area contributed by atoms with Gasteiger partial charge in [0.1, 0.15) is 0 Å². The van der Waals surface area contributed by atoms with Crippen molar-refractivity contribution in [3.63, 3.8) is 0 Å². The molecule has 7 nitrogen and oxygen atoms in total. The Balaban J connectivity index is 2.00. The van der Waals surface area contributed by atoms with Crippen LogP contribution in [0.1, 0.15) is 33.1 Å². The number of nitrogens with zero attached hydrogens (tertiary/aromatic N) is 1. The highest BCUT2D eigenvalue weighted by molar-refractivity contribution is 6.00. The SMILES string of the molecule is CO[C@H]1NC(=O)N(C(=O)[C@]23CC[C@H](C[C@H]2OC)C3(C)C)[C@@H]1OC. The molecule has 3 amide bonds. The Labute approximate surface area is 136 Å². The van der Waals surface area contributed by atoms with Crippen molar-refractivity contribution in [1.82, 2.24) is 10.2 Å². The van der Waals surface area contributed by atoms with Crippen molar-refractivity contribution in [2.45, 2.75) is 51.7 Å². The number of carbonyl (C=O) groups excluding carboxylic acids is 2. The molecule has 3 rings (SSSR count). The second kappa shape index (κ2) is 5.43. The van der Waals surface area contributed by atoms with Crippen molar-refractivity contribution in [3.05, 3.63) is 0 Å². The van der Waals surface area contributed by atoms with E-state index in [1.54, 1.807) is 7.11 Å². The van der Waals surface area contributed by atoms with Crippen LogP contribution in [0.3, 0.4) is 0 Å². The van der Waals surface area contributed by atoms with Crippen LogP contribution in [-0.2, 0) is 19.0 Å². The van der Waals surface area contributed by atoms with Crippen molar-refractivity contribution in [2.24, 2.45) is 16.7 Å². The largest absolute Gasteiger partial charge is 0.380 e. The van der Waals surface area contributed by atoms with E-state index in [0.717, 1.165) is 19.3 Å². The first-order valence-corrected chi connectivity index (χ1v) is 8.07. The molecule has 5 atom stereocenters. The molecule has 2 aliphatic carbocycles. The van der Waals surface area contributed by atoms with Crippen LogP contribution in [0.4, 0.5) is 4.79 Å². The highest BCUT2D eigenvalue weighted by Crippen LogP contribution is 2.67. The lowest BCUT2D eigenvalue weighted by Crippen LogP contribution is -2.56. The molecular formula is C16H26N2O5. The third kappa shape index (κ3) is 1.93. The maximum absolute atomic E-state index is 13.5. The summed E-state index contributed by atoms with van der Waals surface area (Å²) in [4.78, 5) is 27.1. The maximum atomic E-state index is 13.5. The molecular weight excluding hydrogens is 300 g/mol. The van der Waals surface area contributed by atoms with Crippen LogP contribution in [0.2, 0.25) is 0 Å². The van der Waals surface area contributed by atoms with Crippen LogP contribution >= 0.6 is 0 Å². The van der Waals surface area contributed by atoms with Crippen LogP contribution in [0, 0.1) is 16.7 Å². The second-order valence-corrected chi connectivity index (χ2v) is 7.30. The van der Waals surface area contributed by atoms with Crippen LogP contribution in [-0.4, -0.2) is 56.7 Å². The van der Waals surface area contributed by atoms with Gasteiger partial charge in [0.15, 0.2) is 12.5 Å². The van der Waals surface area contributed by atoms with E-state index in [-0.39, 0.29) is 17.4 Å². The molecule has 1 aliphatic heterocycles. The zero-order chi connectivity index (χ0) is 17.0. The molecule has 0 aromatic carbocycles. The Morgan fingerprint density at radius 1 is 1.22 bits per heavy atom. The summed E-state index contributed by atoms with van der Waals surface area (Å²) in [7, 11) is 4.60. The standard InChI is InChI=1S/C16H26N2O5/c1-15(2)9-6-7-16(15,10(8-9)21-3)13(19)18-12(23-5)11(22-4)17-14(18)20/h9-12H,6-8H2,1-5H3,(H,17,20)/t9-,10-,11-,12-,16+/m1/s1. The van der Waals surface area contributed by atoms with E-state index in [1.165, 1.54) is 19.1 Å². The third-order valence-electron chi connectivity index (χ3n) is 6.48. The third-order valence-corrected chi connectivity index (χ3v) is 6.48. The van der Waals surface area contributed by atoms with E-state index < -0.39 is 23.9 Å². The van der Waals surface area contributed by atoms with Gasteiger partial charge in [-0.3, -0.25) is 4.79 Å². The lowest BCUT2D eigenvalue weighted by Gasteiger charge is -2.42. The normalized spacial score (nSPS) is 41.4. The molecule has 1 N–H and O–H groups in total. The molecule has 23 heavy (non-hydrogen) atoms. The average molecular weight is 326 g/mol. The molecule has 7 heteroatoms. The van der Waals surface area contributed by atoms with Gasteiger partial charge in [0.2, 0.25) is 5.91 Å². The van der Waals surface area contributed by atoms with Gasteiger partial charge in [-0.15, -0.1) is 0 Å². The van der Waals surface area contributed by atoms with Crippen LogP contribution in [0.5, 0.6) is 0 Å². The van der Waals surface area contributed by atoms with Crippen molar-refractivity contribution in [3.8, 4) is 0 Å². The van der Waals surface area contributed by atoms with Crippen LogP contribution in [0.15, 0.2) is 0 Å². The van der Waals surface area contributed by atoms with E-state index in [9.17, 15) is 9.59 Å². The zero-order valence-corrected chi connectivity index (χ0v) is 14.4. The quantitative estimate of drug-likeness (QED) is 0.843. The summed E-state index contributed by atoms with van der Waals surface area (Å²) < 4.78 is 16.3. The Kier molecular flexibility index (Phi) is 3.93. The fourth-order valence-corrected chi connectivity index (χ4v) is 5.06. The molecule has 0 aromatic rings. The number of hydrogen-bond acceptors (Lipinski definition) is 5. The average Bonchev–Trinajstić information content (AvgIpc) is 3.08. The second-order valence-electron chi connectivity index (χ2n) is 7.30. The summed E-state index contributed by atoms with van der Waals surface area (Å²) in [5.41, 5.74) is -0.905. The number of nitrogens with one attached hydrogen (secondary N) is 1. The number of amides is 3. The van der Waals surface area contributed by atoms with Gasteiger partial charge in [-0.05, 0) is 30.6 Å². The predicted molar refractivity (Wildman–Crippen MR) is 81.3 cm³/mol. The number of hydrogen-bond donors (Lipinski definition) is 1. The number of urea groups is 1. The molecule has 2 saturated carbocycles. The van der Waals surface area contributed by atoms with Gasteiger partial charge in [0.25, 0.3) is 0 Å². The van der Waals surface area contributed by atoms with Gasteiger partial charge in [-0.2, -0.15) is 0 Å². The van der Waals surface area contributed by atoms with Gasteiger partial charge in [-0.1, -0.05) is 13.8 Å². The highest BCUT2D eigenvalue weighted by atomic mass is 16.6. The number of ether oxygens (including phenoxy) is 3. The Bertz CT molecular complexity index is 523. The molecule has 0 radical (unpaired) electrons. The smallest absolute Gasteiger partial charge is 0.328 e. The van der Waals surface area contributed by atoms with E-state index in [2.05, 4.69) is 19.2 Å². The number of methoxy groups -OCH3 is 3. The molecule has 1 heterocycles. The maximum Gasteiger partial charge on any atom is 0.328 e. The summed E-state index contributed by atoms with van der Waals surface area (Å²) in [6.45, 7) is 4.23. The van der Waals surface area contributed by atoms with Crippen molar-refractivity contribution in [2.75, 3.05) is 21.3 Å². The number of fused-ring (bicyclic) bond motifs is 2. The highest BCUT2D eigenvalue weighted by Gasteiger charge is 2.70. The molecule has 0 unspecified atom stereocenters. The lowest BCUT2D eigenvalue weighted by atomic mass is 9.67. The fourth-order valence-electron chi connectivity index (χ4n) is 5.06. The zero-order valence-electron chi connectivity index (χ0n) is 14.4. The minimum atomic E-state index is -0.762. The Morgan fingerprint density at radius 2 is 1.91 bits per heavy atom. The van der Waals surface area contributed by atoms with Gasteiger partial charge >= 0.3 is 6.03 Å². The molecule has 2 bridgehead atoms. The van der Waals surface area contributed by atoms with Gasteiger partial charge in [0, 0.05) is 21.3 Å².